The van der Waals surface area contributed by atoms with E-state index in [9.17, 15) is 4.79 Å². The molecule has 1 amide bonds. The fourth-order valence-electron chi connectivity index (χ4n) is 4.14. The Hall–Kier alpha value is -2.87. The highest BCUT2D eigenvalue weighted by atomic mass is 16.2. The molecule has 0 radical (unpaired) electrons. The summed E-state index contributed by atoms with van der Waals surface area (Å²) in [6.45, 7) is 9.98. The third-order valence-corrected chi connectivity index (χ3v) is 5.95. The largest absolute Gasteiger partial charge is 0.355 e. The highest BCUT2D eigenvalue weighted by Crippen LogP contribution is 2.18. The van der Waals surface area contributed by atoms with Crippen molar-refractivity contribution in [3.63, 3.8) is 0 Å². The maximum Gasteiger partial charge on any atom is 0.241 e. The summed E-state index contributed by atoms with van der Waals surface area (Å²) < 4.78 is 1.97. The number of aliphatic imine (C=N–C) groups is 1. The number of guanidine groups is 1. The van der Waals surface area contributed by atoms with Crippen molar-refractivity contribution in [3.05, 3.63) is 47.3 Å². The van der Waals surface area contributed by atoms with Gasteiger partial charge in [0.15, 0.2) is 5.96 Å². The summed E-state index contributed by atoms with van der Waals surface area (Å²) in [6.07, 6.45) is 2.42. The monoisotopic (exact) mass is 439 g/mol. The van der Waals surface area contributed by atoms with Crippen LogP contribution in [0.4, 0.5) is 0 Å². The van der Waals surface area contributed by atoms with E-state index >= 15 is 0 Å². The second-order valence-corrected chi connectivity index (χ2v) is 8.58. The summed E-state index contributed by atoms with van der Waals surface area (Å²) in [5, 5.41) is 11.3. The minimum absolute atomic E-state index is 0.0126. The van der Waals surface area contributed by atoms with E-state index < -0.39 is 0 Å². The molecule has 2 heterocycles. The van der Waals surface area contributed by atoms with E-state index in [2.05, 4.69) is 52.7 Å². The topological polar surface area (TPSA) is 77.8 Å². The van der Waals surface area contributed by atoms with Crippen molar-refractivity contribution in [1.82, 2.24) is 30.2 Å². The minimum Gasteiger partial charge on any atom is -0.355 e. The zero-order valence-corrected chi connectivity index (χ0v) is 20.1. The Balaban J connectivity index is 1.76. The second kappa shape index (κ2) is 11.1. The van der Waals surface area contributed by atoms with E-state index in [4.69, 9.17) is 4.99 Å². The van der Waals surface area contributed by atoms with Gasteiger partial charge in [-0.05, 0) is 57.5 Å². The summed E-state index contributed by atoms with van der Waals surface area (Å²) in [6, 6.07) is 10.8. The lowest BCUT2D eigenvalue weighted by molar-refractivity contribution is -0.127. The molecule has 1 aromatic heterocycles. The number of hydrogen-bond donors (Lipinski definition) is 2. The van der Waals surface area contributed by atoms with Crippen LogP contribution in [0.25, 0.3) is 5.69 Å². The lowest BCUT2D eigenvalue weighted by Crippen LogP contribution is -2.47. The average Bonchev–Trinajstić information content (AvgIpc) is 3.37. The van der Waals surface area contributed by atoms with E-state index in [0.29, 0.717) is 18.5 Å². The van der Waals surface area contributed by atoms with Crippen molar-refractivity contribution in [2.24, 2.45) is 4.99 Å². The number of hydrogen-bond acceptors (Lipinski definition) is 4. The molecule has 0 bridgehead atoms. The quantitative estimate of drug-likeness (QED) is 0.487. The number of likely N-dealkylation sites (tertiary alicyclic amines) is 1. The predicted octanol–water partition coefficient (Wildman–Crippen LogP) is 2.10. The number of benzene rings is 1. The third kappa shape index (κ3) is 6.09. The fourth-order valence-corrected chi connectivity index (χ4v) is 4.14. The molecule has 1 aliphatic heterocycles. The molecule has 3 rings (SSSR count). The molecule has 1 aliphatic rings. The van der Waals surface area contributed by atoms with Crippen LogP contribution < -0.4 is 10.6 Å². The number of likely N-dealkylation sites (N-methyl/N-ethyl adjacent to an activating group) is 2. The normalized spacial score (nSPS) is 16.9. The summed E-state index contributed by atoms with van der Waals surface area (Å²) in [7, 11) is 3.52. The molecular weight excluding hydrogens is 402 g/mol. The van der Waals surface area contributed by atoms with Crippen LogP contribution in [0.1, 0.15) is 36.7 Å². The second-order valence-electron chi connectivity index (χ2n) is 8.58. The van der Waals surface area contributed by atoms with Crippen molar-refractivity contribution < 1.29 is 4.79 Å². The van der Waals surface area contributed by atoms with E-state index in [1.54, 1.807) is 19.0 Å². The van der Waals surface area contributed by atoms with Gasteiger partial charge in [-0.2, -0.15) is 5.10 Å². The third-order valence-electron chi connectivity index (χ3n) is 5.95. The van der Waals surface area contributed by atoms with Gasteiger partial charge in [0, 0.05) is 32.4 Å². The van der Waals surface area contributed by atoms with Gasteiger partial charge in [-0.25, -0.2) is 9.67 Å². The number of para-hydroxylation sites is 1. The zero-order chi connectivity index (χ0) is 23.1. The number of carbonyl (C=O) groups excluding carboxylic acids is 1. The van der Waals surface area contributed by atoms with Gasteiger partial charge < -0.3 is 15.5 Å². The molecule has 1 atom stereocenters. The standard InChI is InChI=1S/C24H37N7O/c1-6-30-13-9-11-21(30)16-26-24(27-17-23(32)29(4)5)25-15-20-10-7-8-12-22(20)31-19(3)14-18(2)28-31/h7-8,10,12,14,21H,6,9,11,13,15-17H2,1-5H3,(H2,25,26,27). The highest BCUT2D eigenvalue weighted by Gasteiger charge is 2.23. The molecule has 174 valence electrons. The van der Waals surface area contributed by atoms with Crippen LogP contribution in [0.5, 0.6) is 0 Å². The Morgan fingerprint density at radius 3 is 2.72 bits per heavy atom. The SMILES string of the molecule is CCN1CCCC1CNC(=NCc1ccccc1-n1nc(C)cc1C)NCC(=O)N(C)C. The molecule has 8 nitrogen and oxygen atoms in total. The number of nitrogens with zero attached hydrogens (tertiary/aromatic N) is 5. The Bertz CT molecular complexity index is 934. The van der Waals surface area contributed by atoms with Gasteiger partial charge in [-0.3, -0.25) is 9.69 Å². The maximum absolute atomic E-state index is 12.1. The molecule has 1 unspecified atom stereocenters. The van der Waals surface area contributed by atoms with Crippen LogP contribution in [0, 0.1) is 13.8 Å². The van der Waals surface area contributed by atoms with Gasteiger partial charge in [-0.15, -0.1) is 0 Å². The minimum atomic E-state index is 0.0126. The van der Waals surface area contributed by atoms with Gasteiger partial charge in [-0.1, -0.05) is 25.1 Å². The number of aromatic nitrogens is 2. The van der Waals surface area contributed by atoms with Crippen LogP contribution in [-0.4, -0.2) is 77.8 Å². The molecule has 0 saturated carbocycles. The summed E-state index contributed by atoms with van der Waals surface area (Å²) in [5.41, 5.74) is 4.19. The van der Waals surface area contributed by atoms with Gasteiger partial charge >= 0.3 is 0 Å². The first-order valence-electron chi connectivity index (χ1n) is 11.5. The van der Waals surface area contributed by atoms with Crippen LogP contribution in [0.3, 0.4) is 0 Å². The Kier molecular flexibility index (Phi) is 8.27. The molecule has 0 aliphatic carbocycles. The zero-order valence-electron chi connectivity index (χ0n) is 20.1. The number of amides is 1. The van der Waals surface area contributed by atoms with Crippen LogP contribution in [0.2, 0.25) is 0 Å². The maximum atomic E-state index is 12.1. The lowest BCUT2D eigenvalue weighted by Gasteiger charge is -2.24. The number of aryl methyl sites for hydroxylation is 2. The average molecular weight is 440 g/mol. The Labute approximate surface area is 191 Å². The highest BCUT2D eigenvalue weighted by molar-refractivity contribution is 5.86. The van der Waals surface area contributed by atoms with Crippen LogP contribution >= 0.6 is 0 Å². The van der Waals surface area contributed by atoms with Crippen molar-refractivity contribution in [2.75, 3.05) is 40.3 Å². The summed E-state index contributed by atoms with van der Waals surface area (Å²) >= 11 is 0. The smallest absolute Gasteiger partial charge is 0.241 e. The molecule has 1 aromatic carbocycles. The number of nitrogens with one attached hydrogen (secondary N) is 2. The molecule has 0 spiro atoms. The van der Waals surface area contributed by atoms with E-state index in [-0.39, 0.29) is 12.5 Å². The molecule has 32 heavy (non-hydrogen) atoms. The first-order chi connectivity index (χ1) is 15.4. The van der Waals surface area contributed by atoms with E-state index in [1.807, 2.05) is 23.7 Å². The Morgan fingerprint density at radius 1 is 1.25 bits per heavy atom. The van der Waals surface area contributed by atoms with E-state index in [1.165, 1.54) is 12.8 Å². The van der Waals surface area contributed by atoms with Crippen LogP contribution in [0.15, 0.2) is 35.3 Å². The predicted molar refractivity (Wildman–Crippen MR) is 129 cm³/mol. The van der Waals surface area contributed by atoms with E-state index in [0.717, 1.165) is 42.3 Å². The summed E-state index contributed by atoms with van der Waals surface area (Å²) in [5.74, 6) is 0.671. The van der Waals surface area contributed by atoms with Crippen molar-refractivity contribution >= 4 is 11.9 Å². The summed E-state index contributed by atoms with van der Waals surface area (Å²) in [4.78, 5) is 21.0. The fraction of sp³-hybridized carbons (Fsp3) is 0.542. The first-order valence-corrected chi connectivity index (χ1v) is 11.5. The van der Waals surface area contributed by atoms with Crippen molar-refractivity contribution in [3.8, 4) is 5.69 Å². The molecule has 1 fully saturated rings. The van der Waals surface area contributed by atoms with Gasteiger partial charge in [0.25, 0.3) is 0 Å². The molecular formula is C24H37N7O. The van der Waals surface area contributed by atoms with Gasteiger partial charge in [0.2, 0.25) is 5.91 Å². The number of rotatable bonds is 8. The number of carbonyl (C=O) groups is 1. The Morgan fingerprint density at radius 2 is 2.03 bits per heavy atom. The van der Waals surface area contributed by atoms with Crippen molar-refractivity contribution in [1.29, 1.82) is 0 Å². The molecule has 2 aromatic rings. The lowest BCUT2D eigenvalue weighted by atomic mass is 10.2. The van der Waals surface area contributed by atoms with Crippen molar-refractivity contribution in [2.45, 2.75) is 46.2 Å². The first kappa shape index (κ1) is 23.8. The molecule has 1 saturated heterocycles. The molecule has 8 heteroatoms. The van der Waals surface area contributed by atoms with Crippen LogP contribution in [-0.2, 0) is 11.3 Å². The van der Waals surface area contributed by atoms with Gasteiger partial charge in [0.1, 0.15) is 0 Å². The molecule has 2 N–H and O–H groups in total. The van der Waals surface area contributed by atoms with Gasteiger partial charge in [0.05, 0.1) is 24.5 Å².